The maximum atomic E-state index is 12.9. The van der Waals surface area contributed by atoms with Crippen LogP contribution in [0.4, 0.5) is 29.3 Å². The Hall–Kier alpha value is -4.52. The Labute approximate surface area is 264 Å². The second-order valence-corrected chi connectivity index (χ2v) is 12.5. The molecule has 2 atom stereocenters. The number of ether oxygens (including phenoxy) is 1. The smallest absolute Gasteiger partial charge is 0.406 e. The molecule has 1 aliphatic rings. The molecule has 1 saturated heterocycles. The summed E-state index contributed by atoms with van der Waals surface area (Å²) in [4.78, 5) is 31.4. The van der Waals surface area contributed by atoms with Gasteiger partial charge in [-0.2, -0.15) is 0 Å². The molecule has 0 aliphatic carbocycles. The summed E-state index contributed by atoms with van der Waals surface area (Å²) < 4.78 is 40.7. The molecule has 2 unspecified atom stereocenters. The van der Waals surface area contributed by atoms with Crippen molar-refractivity contribution in [2.75, 3.05) is 16.0 Å². The minimum absolute atomic E-state index is 0.0159. The number of amides is 3. The van der Waals surface area contributed by atoms with Crippen LogP contribution in [0.3, 0.4) is 0 Å². The minimum Gasteiger partial charge on any atom is -0.406 e. The Bertz CT molecular complexity index is 1540. The number of urea groups is 1. The van der Waals surface area contributed by atoms with Crippen LogP contribution in [-0.2, 0) is 16.6 Å². The number of nitrogens with zero attached hydrogens (tertiary/aromatic N) is 2. The van der Waals surface area contributed by atoms with Crippen molar-refractivity contribution in [2.45, 2.75) is 57.4 Å². The standard InChI is InChI=1S/C32H35F3N6O3S/c1-20(39-29(43)40-30-41(27(42)18-45-30)26-8-6-5-7-25(26)31(2,3)4)17-21-9-11-22(12-10-21)28(36)38-19-37-23-13-15-24(16-14-23)44-32(33,34)35/h5-16,19-20,30H,17-18H2,1-4H3,(H2,36,37,38)(H2,39,40,43). The fourth-order valence-electron chi connectivity index (χ4n) is 4.69. The molecule has 1 aliphatic heterocycles. The van der Waals surface area contributed by atoms with Crippen LogP contribution in [0, 0.1) is 5.41 Å². The lowest BCUT2D eigenvalue weighted by atomic mass is 9.85. The maximum absolute atomic E-state index is 12.9. The molecule has 45 heavy (non-hydrogen) atoms. The molecule has 0 saturated carbocycles. The molecule has 0 radical (unpaired) electrons. The van der Waals surface area contributed by atoms with Crippen LogP contribution in [0.25, 0.3) is 0 Å². The second-order valence-electron chi connectivity index (χ2n) is 11.4. The number of benzene rings is 3. The molecule has 13 heteroatoms. The van der Waals surface area contributed by atoms with E-state index in [1.807, 2.05) is 43.3 Å². The highest BCUT2D eigenvalue weighted by Gasteiger charge is 2.36. The summed E-state index contributed by atoms with van der Waals surface area (Å²) in [6.45, 7) is 8.14. The molecule has 0 spiro atoms. The number of anilines is 2. The van der Waals surface area contributed by atoms with Crippen molar-refractivity contribution in [1.29, 1.82) is 5.41 Å². The van der Waals surface area contributed by atoms with Gasteiger partial charge < -0.3 is 20.7 Å². The lowest BCUT2D eigenvalue weighted by molar-refractivity contribution is -0.274. The largest absolute Gasteiger partial charge is 0.573 e. The Morgan fingerprint density at radius 2 is 1.76 bits per heavy atom. The second kappa shape index (κ2) is 14.1. The predicted molar refractivity (Wildman–Crippen MR) is 172 cm³/mol. The summed E-state index contributed by atoms with van der Waals surface area (Å²) in [6, 6.07) is 19.5. The van der Waals surface area contributed by atoms with Gasteiger partial charge in [0, 0.05) is 17.3 Å². The average molecular weight is 641 g/mol. The highest BCUT2D eigenvalue weighted by molar-refractivity contribution is 8.01. The molecule has 3 amide bonds. The van der Waals surface area contributed by atoms with Crippen LogP contribution in [0.15, 0.2) is 77.8 Å². The topological polar surface area (TPSA) is 119 Å². The number of hydrogen-bond acceptors (Lipinski definition) is 5. The van der Waals surface area contributed by atoms with Crippen LogP contribution in [0.1, 0.15) is 44.4 Å². The fourth-order valence-corrected chi connectivity index (χ4v) is 5.70. The van der Waals surface area contributed by atoms with Gasteiger partial charge in [0.05, 0.1) is 17.8 Å². The van der Waals surface area contributed by atoms with E-state index in [0.717, 1.165) is 16.8 Å². The van der Waals surface area contributed by atoms with Crippen molar-refractivity contribution < 1.29 is 27.5 Å². The van der Waals surface area contributed by atoms with Crippen LogP contribution in [0.2, 0.25) is 0 Å². The monoisotopic (exact) mass is 640 g/mol. The van der Waals surface area contributed by atoms with Gasteiger partial charge >= 0.3 is 12.4 Å². The van der Waals surface area contributed by atoms with Gasteiger partial charge in [0.15, 0.2) is 11.3 Å². The van der Waals surface area contributed by atoms with Gasteiger partial charge in [0.2, 0.25) is 5.91 Å². The van der Waals surface area contributed by atoms with Crippen molar-refractivity contribution in [1.82, 2.24) is 10.6 Å². The SMILES string of the molecule is CC(Cc1ccc(C(=N)/N=C\Nc2ccc(OC(F)(F)F)cc2)cc1)NC(=O)NC1SCC(=O)N1c1ccccc1C(C)(C)C. The van der Waals surface area contributed by atoms with E-state index in [0.29, 0.717) is 17.7 Å². The zero-order valence-corrected chi connectivity index (χ0v) is 26.1. The molecular formula is C32H35F3N6O3S. The third-order valence-electron chi connectivity index (χ3n) is 6.75. The third-order valence-corrected chi connectivity index (χ3v) is 7.81. The summed E-state index contributed by atoms with van der Waals surface area (Å²) in [6.07, 6.45) is -2.95. The van der Waals surface area contributed by atoms with E-state index in [9.17, 15) is 22.8 Å². The predicted octanol–water partition coefficient (Wildman–Crippen LogP) is 6.64. The van der Waals surface area contributed by atoms with E-state index >= 15 is 0 Å². The first-order valence-electron chi connectivity index (χ1n) is 14.1. The molecule has 0 aromatic heterocycles. The Balaban J connectivity index is 1.27. The molecular weight excluding hydrogens is 605 g/mol. The number of halogens is 3. The number of nitrogens with one attached hydrogen (secondary N) is 4. The van der Waals surface area contributed by atoms with E-state index in [1.165, 1.54) is 42.4 Å². The van der Waals surface area contributed by atoms with E-state index in [2.05, 4.69) is 46.5 Å². The summed E-state index contributed by atoms with van der Waals surface area (Å²) in [5, 5.41) is 16.9. The van der Waals surface area contributed by atoms with E-state index in [1.54, 1.807) is 17.0 Å². The first-order chi connectivity index (χ1) is 21.2. The lowest BCUT2D eigenvalue weighted by Crippen LogP contribution is -2.51. The molecule has 1 heterocycles. The van der Waals surface area contributed by atoms with Gasteiger partial charge in [-0.1, -0.05) is 63.2 Å². The van der Waals surface area contributed by atoms with Crippen LogP contribution >= 0.6 is 11.8 Å². The summed E-state index contributed by atoms with van der Waals surface area (Å²) in [5.41, 5.74) is 3.07. The molecule has 238 valence electrons. The van der Waals surface area contributed by atoms with Crippen molar-refractivity contribution in [3.05, 3.63) is 89.5 Å². The van der Waals surface area contributed by atoms with Crippen LogP contribution < -0.4 is 25.6 Å². The number of hydrogen-bond donors (Lipinski definition) is 4. The van der Waals surface area contributed by atoms with Gasteiger partial charge in [0.1, 0.15) is 5.75 Å². The number of para-hydroxylation sites is 1. The molecule has 1 fully saturated rings. The van der Waals surface area contributed by atoms with E-state index in [-0.39, 0.29) is 40.7 Å². The molecule has 9 nitrogen and oxygen atoms in total. The molecule has 3 aromatic carbocycles. The van der Waals surface area contributed by atoms with Gasteiger partial charge in [-0.3, -0.25) is 15.1 Å². The van der Waals surface area contributed by atoms with Crippen molar-refractivity contribution >= 4 is 47.2 Å². The first kappa shape index (κ1) is 33.4. The van der Waals surface area contributed by atoms with Crippen molar-refractivity contribution in [3.8, 4) is 5.75 Å². The highest BCUT2D eigenvalue weighted by Crippen LogP contribution is 2.37. The normalized spacial score (nSPS) is 16.0. The fraction of sp³-hybridized carbons (Fsp3) is 0.312. The minimum atomic E-state index is -4.76. The average Bonchev–Trinajstić information content (AvgIpc) is 3.32. The lowest BCUT2D eigenvalue weighted by Gasteiger charge is -2.31. The first-order valence-corrected chi connectivity index (χ1v) is 15.2. The van der Waals surface area contributed by atoms with E-state index in [4.69, 9.17) is 5.41 Å². The molecule has 4 rings (SSSR count). The van der Waals surface area contributed by atoms with Gasteiger partial charge in [-0.25, -0.2) is 9.79 Å². The Morgan fingerprint density at radius 3 is 2.40 bits per heavy atom. The van der Waals surface area contributed by atoms with Crippen LogP contribution in [0.5, 0.6) is 5.75 Å². The molecule has 0 bridgehead atoms. The van der Waals surface area contributed by atoms with Gasteiger partial charge in [-0.15, -0.1) is 24.9 Å². The number of aliphatic imine (C=N–C) groups is 1. The van der Waals surface area contributed by atoms with Crippen molar-refractivity contribution in [2.24, 2.45) is 4.99 Å². The van der Waals surface area contributed by atoms with E-state index < -0.39 is 11.9 Å². The zero-order chi connectivity index (χ0) is 32.8. The van der Waals surface area contributed by atoms with Crippen LogP contribution in [-0.4, -0.2) is 47.8 Å². The molecule has 3 aromatic rings. The quantitative estimate of drug-likeness (QED) is 0.154. The number of rotatable bonds is 9. The Morgan fingerprint density at radius 1 is 1.09 bits per heavy atom. The summed E-state index contributed by atoms with van der Waals surface area (Å²) in [5.74, 6) is -0.141. The summed E-state index contributed by atoms with van der Waals surface area (Å²) in [7, 11) is 0. The number of amidine groups is 1. The number of thioether (sulfide) groups is 1. The number of alkyl halides is 3. The highest BCUT2D eigenvalue weighted by atomic mass is 32.2. The zero-order valence-electron chi connectivity index (χ0n) is 25.2. The molecule has 4 N–H and O–H groups in total. The number of carbonyl (C=O) groups excluding carboxylic acids is 2. The van der Waals surface area contributed by atoms with Crippen molar-refractivity contribution in [3.63, 3.8) is 0 Å². The third kappa shape index (κ3) is 9.48. The van der Waals surface area contributed by atoms with Gasteiger partial charge in [0.25, 0.3) is 0 Å². The Kier molecular flexibility index (Phi) is 10.4. The van der Waals surface area contributed by atoms with Gasteiger partial charge in [-0.05, 0) is 60.2 Å². The summed E-state index contributed by atoms with van der Waals surface area (Å²) >= 11 is 1.37. The number of carbonyl (C=O) groups is 2. The maximum Gasteiger partial charge on any atom is 0.573 e.